The van der Waals surface area contributed by atoms with Crippen molar-refractivity contribution in [1.82, 2.24) is 10.3 Å². The quantitative estimate of drug-likeness (QED) is 0.730. The maximum absolute atomic E-state index is 12.1. The molecular formula is C9H11F3N2O2. The first-order chi connectivity index (χ1) is 7.33. The second-order valence-corrected chi connectivity index (χ2v) is 3.31. The minimum absolute atomic E-state index is 0.223. The predicted octanol–water partition coefficient (Wildman–Crippen LogP) is 0.905. The summed E-state index contributed by atoms with van der Waals surface area (Å²) in [6.07, 6.45) is -5.83. The van der Waals surface area contributed by atoms with Gasteiger partial charge in [0.15, 0.2) is 5.75 Å². The highest BCUT2D eigenvalue weighted by Crippen LogP contribution is 2.23. The van der Waals surface area contributed by atoms with Gasteiger partial charge in [-0.3, -0.25) is 4.79 Å². The summed E-state index contributed by atoms with van der Waals surface area (Å²) >= 11 is 0. The first kappa shape index (κ1) is 12.6. The zero-order valence-corrected chi connectivity index (χ0v) is 8.48. The van der Waals surface area contributed by atoms with Crippen LogP contribution in [0, 0.1) is 0 Å². The Morgan fingerprint density at radius 1 is 1.50 bits per heavy atom. The van der Waals surface area contributed by atoms with Crippen LogP contribution in [0.4, 0.5) is 13.2 Å². The van der Waals surface area contributed by atoms with Gasteiger partial charge in [-0.05, 0) is 7.05 Å². The summed E-state index contributed by atoms with van der Waals surface area (Å²) < 4.78 is 36.4. The van der Waals surface area contributed by atoms with Crippen molar-refractivity contribution in [2.24, 2.45) is 0 Å². The summed E-state index contributed by atoms with van der Waals surface area (Å²) in [4.78, 5) is 13.5. The lowest BCUT2D eigenvalue weighted by Crippen LogP contribution is -2.18. The third-order valence-corrected chi connectivity index (χ3v) is 1.88. The van der Waals surface area contributed by atoms with Crippen molar-refractivity contribution in [3.8, 4) is 5.75 Å². The molecule has 1 rings (SSSR count). The molecule has 0 fully saturated rings. The van der Waals surface area contributed by atoms with Crippen LogP contribution in [-0.4, -0.2) is 23.3 Å². The van der Waals surface area contributed by atoms with Crippen molar-refractivity contribution in [1.29, 1.82) is 0 Å². The molecule has 90 valence electrons. The third kappa shape index (κ3) is 3.27. The van der Waals surface area contributed by atoms with Crippen LogP contribution in [0.15, 0.2) is 10.9 Å². The van der Waals surface area contributed by atoms with E-state index in [0.717, 1.165) is 6.07 Å². The molecule has 0 unspecified atom stereocenters. The topological polar surface area (TPSA) is 65.1 Å². The first-order valence-corrected chi connectivity index (χ1v) is 4.49. The number of halogens is 3. The third-order valence-electron chi connectivity index (χ3n) is 1.88. The fourth-order valence-corrected chi connectivity index (χ4v) is 1.28. The second-order valence-electron chi connectivity index (χ2n) is 3.31. The van der Waals surface area contributed by atoms with Gasteiger partial charge in [0.2, 0.25) is 5.43 Å². The molecular weight excluding hydrogens is 225 g/mol. The van der Waals surface area contributed by atoms with Gasteiger partial charge in [-0.1, -0.05) is 0 Å². The molecule has 16 heavy (non-hydrogen) atoms. The minimum atomic E-state index is -4.47. The molecule has 3 N–H and O–H groups in total. The Labute approximate surface area is 89.1 Å². The molecule has 1 aromatic heterocycles. The van der Waals surface area contributed by atoms with Gasteiger partial charge in [0.1, 0.15) is 0 Å². The van der Waals surface area contributed by atoms with Crippen LogP contribution in [0.25, 0.3) is 0 Å². The minimum Gasteiger partial charge on any atom is -0.503 e. The number of hydrogen-bond donors (Lipinski definition) is 3. The van der Waals surface area contributed by atoms with Crippen molar-refractivity contribution in [3.63, 3.8) is 0 Å². The van der Waals surface area contributed by atoms with E-state index >= 15 is 0 Å². The largest absolute Gasteiger partial charge is 0.503 e. The molecule has 0 saturated heterocycles. The Kier molecular flexibility index (Phi) is 3.58. The number of nitrogens with one attached hydrogen (secondary N) is 2. The Morgan fingerprint density at radius 2 is 2.12 bits per heavy atom. The Bertz CT molecular complexity index is 426. The van der Waals surface area contributed by atoms with Gasteiger partial charge in [-0.25, -0.2) is 0 Å². The number of hydrogen-bond acceptors (Lipinski definition) is 3. The molecule has 4 nitrogen and oxygen atoms in total. The first-order valence-electron chi connectivity index (χ1n) is 4.49. The molecule has 0 spiro atoms. The Balaban J connectivity index is 3.12. The maximum atomic E-state index is 12.1. The average molecular weight is 236 g/mol. The normalized spacial score (nSPS) is 11.8. The van der Waals surface area contributed by atoms with Crippen LogP contribution in [0.5, 0.6) is 5.75 Å². The zero-order chi connectivity index (χ0) is 12.3. The monoisotopic (exact) mass is 236 g/mol. The molecule has 1 aromatic rings. The highest BCUT2D eigenvalue weighted by atomic mass is 19.4. The fraction of sp³-hybridized carbons (Fsp3) is 0.444. The number of aromatic amines is 1. The predicted molar refractivity (Wildman–Crippen MR) is 51.3 cm³/mol. The molecule has 0 atom stereocenters. The molecule has 1 heterocycles. The molecule has 0 radical (unpaired) electrons. The molecule has 0 aromatic carbocycles. The van der Waals surface area contributed by atoms with Crippen LogP contribution in [-0.2, 0) is 13.0 Å². The van der Waals surface area contributed by atoms with Crippen LogP contribution < -0.4 is 10.7 Å². The zero-order valence-electron chi connectivity index (χ0n) is 8.48. The number of aromatic nitrogens is 1. The molecule has 7 heteroatoms. The SMILES string of the molecule is CNCc1cc(=O)c(O)c(CC(F)(F)F)[nH]1. The van der Waals surface area contributed by atoms with Gasteiger partial charge in [0, 0.05) is 18.3 Å². The van der Waals surface area contributed by atoms with Crippen LogP contribution in [0.3, 0.4) is 0 Å². The molecule has 0 bridgehead atoms. The van der Waals surface area contributed by atoms with Crippen molar-refractivity contribution in [3.05, 3.63) is 27.7 Å². The van der Waals surface area contributed by atoms with Gasteiger partial charge in [0.25, 0.3) is 0 Å². The summed E-state index contributed by atoms with van der Waals surface area (Å²) in [7, 11) is 1.59. The summed E-state index contributed by atoms with van der Waals surface area (Å²) in [6, 6.07) is 1.06. The van der Waals surface area contributed by atoms with E-state index in [1.54, 1.807) is 7.05 Å². The van der Waals surface area contributed by atoms with Gasteiger partial charge >= 0.3 is 6.18 Å². The van der Waals surface area contributed by atoms with E-state index in [9.17, 15) is 23.1 Å². The van der Waals surface area contributed by atoms with Crippen molar-refractivity contribution in [2.45, 2.75) is 19.1 Å². The number of alkyl halides is 3. The molecule has 0 aliphatic carbocycles. The summed E-state index contributed by atoms with van der Waals surface area (Å²) in [5, 5.41) is 11.9. The second kappa shape index (κ2) is 4.56. The molecule has 0 aliphatic rings. The molecule has 0 amide bonds. The van der Waals surface area contributed by atoms with Crippen molar-refractivity contribution in [2.75, 3.05) is 7.05 Å². The standard InChI is InChI=1S/C9H11F3N2O2/c1-13-4-5-2-7(15)8(16)6(14-5)3-9(10,11)12/h2,13,16H,3-4H2,1H3,(H,14,15). The van der Waals surface area contributed by atoms with Gasteiger partial charge in [-0.2, -0.15) is 13.2 Å². The lowest BCUT2D eigenvalue weighted by Gasteiger charge is -2.10. The molecule has 0 aliphatic heterocycles. The van der Waals surface area contributed by atoms with Gasteiger partial charge in [0.05, 0.1) is 12.1 Å². The maximum Gasteiger partial charge on any atom is 0.394 e. The lowest BCUT2D eigenvalue weighted by atomic mass is 10.2. The smallest absolute Gasteiger partial charge is 0.394 e. The van der Waals surface area contributed by atoms with E-state index in [2.05, 4.69) is 10.3 Å². The van der Waals surface area contributed by atoms with Crippen LogP contribution in [0.1, 0.15) is 11.4 Å². The highest BCUT2D eigenvalue weighted by molar-refractivity contribution is 5.28. The van der Waals surface area contributed by atoms with E-state index in [-0.39, 0.29) is 6.54 Å². The van der Waals surface area contributed by atoms with Crippen LogP contribution in [0.2, 0.25) is 0 Å². The van der Waals surface area contributed by atoms with E-state index in [1.165, 1.54) is 0 Å². The van der Waals surface area contributed by atoms with Crippen LogP contribution >= 0.6 is 0 Å². The van der Waals surface area contributed by atoms with E-state index in [4.69, 9.17) is 0 Å². The lowest BCUT2D eigenvalue weighted by molar-refractivity contribution is -0.128. The number of aromatic hydroxyl groups is 1. The van der Waals surface area contributed by atoms with E-state index < -0.39 is 29.5 Å². The number of pyridine rings is 1. The van der Waals surface area contributed by atoms with E-state index in [1.807, 2.05) is 0 Å². The van der Waals surface area contributed by atoms with E-state index in [0.29, 0.717) is 5.69 Å². The highest BCUT2D eigenvalue weighted by Gasteiger charge is 2.30. The Morgan fingerprint density at radius 3 is 2.62 bits per heavy atom. The average Bonchev–Trinajstić information content (AvgIpc) is 2.11. The number of H-pyrrole nitrogens is 1. The Hall–Kier alpha value is -1.50. The fourth-order valence-electron chi connectivity index (χ4n) is 1.28. The van der Waals surface area contributed by atoms with Crippen molar-refractivity contribution >= 4 is 0 Å². The van der Waals surface area contributed by atoms with Crippen molar-refractivity contribution < 1.29 is 18.3 Å². The summed E-state index contributed by atoms with van der Waals surface area (Å²) in [5.74, 6) is -0.878. The number of rotatable bonds is 3. The summed E-state index contributed by atoms with van der Waals surface area (Å²) in [5.41, 5.74) is -1.03. The van der Waals surface area contributed by atoms with Gasteiger partial charge in [-0.15, -0.1) is 0 Å². The van der Waals surface area contributed by atoms with Gasteiger partial charge < -0.3 is 15.4 Å². The summed E-state index contributed by atoms with van der Waals surface area (Å²) in [6.45, 7) is 0.223. The molecule has 0 saturated carbocycles.